The highest BCUT2D eigenvalue weighted by atomic mass is 16.5. The van der Waals surface area contributed by atoms with Crippen molar-refractivity contribution in [3.05, 3.63) is 107 Å². The van der Waals surface area contributed by atoms with Crippen LogP contribution in [0.4, 0.5) is 5.69 Å². The second kappa shape index (κ2) is 10.1. The van der Waals surface area contributed by atoms with Gasteiger partial charge in [-0.1, -0.05) is 66.7 Å². The van der Waals surface area contributed by atoms with Crippen molar-refractivity contribution in [2.24, 2.45) is 0 Å². The molecule has 2 aliphatic heterocycles. The fourth-order valence-electron chi connectivity index (χ4n) is 5.49. The molecule has 37 heavy (non-hydrogen) atoms. The Labute approximate surface area is 216 Å². The average molecular weight is 492 g/mol. The molecule has 4 aromatic rings. The van der Waals surface area contributed by atoms with Crippen molar-refractivity contribution in [1.82, 2.24) is 9.88 Å². The quantitative estimate of drug-likeness (QED) is 0.358. The van der Waals surface area contributed by atoms with Crippen LogP contribution in [0.3, 0.4) is 0 Å². The number of carbonyl (C=O) groups excluding carboxylic acids is 2. The highest BCUT2D eigenvalue weighted by molar-refractivity contribution is 6.05. The van der Waals surface area contributed by atoms with E-state index in [1.54, 1.807) is 4.90 Å². The van der Waals surface area contributed by atoms with Gasteiger partial charge >= 0.3 is 5.97 Å². The van der Waals surface area contributed by atoms with Gasteiger partial charge in [-0.05, 0) is 29.7 Å². The molecule has 6 nitrogen and oxygen atoms in total. The summed E-state index contributed by atoms with van der Waals surface area (Å²) >= 11 is 0. The Morgan fingerprint density at radius 1 is 0.865 bits per heavy atom. The Bertz CT molecular complexity index is 1470. The van der Waals surface area contributed by atoms with Crippen LogP contribution in [0.2, 0.25) is 0 Å². The molecule has 0 fully saturated rings. The number of fused-ring (bicyclic) bond motifs is 3. The SMILES string of the molecule is O=C(OCCC(=O)N1CCc2ccccc21)c1c2c(nc3ccccc13)CCN(Cc1ccccc1)C2. The number of pyridine rings is 1. The minimum absolute atomic E-state index is 0.0200. The van der Waals surface area contributed by atoms with Crippen LogP contribution in [0.1, 0.15) is 39.2 Å². The molecule has 3 heterocycles. The molecule has 0 N–H and O–H groups in total. The third kappa shape index (κ3) is 4.72. The van der Waals surface area contributed by atoms with Crippen LogP contribution in [-0.4, -0.2) is 41.5 Å². The van der Waals surface area contributed by atoms with E-state index in [4.69, 9.17) is 9.72 Å². The van der Waals surface area contributed by atoms with Crippen LogP contribution in [0.25, 0.3) is 10.9 Å². The molecule has 0 bridgehead atoms. The smallest absolute Gasteiger partial charge is 0.339 e. The van der Waals surface area contributed by atoms with Crippen LogP contribution in [0, 0.1) is 0 Å². The number of esters is 1. The summed E-state index contributed by atoms with van der Waals surface area (Å²) in [4.78, 5) is 35.4. The molecule has 0 unspecified atom stereocenters. The van der Waals surface area contributed by atoms with Crippen molar-refractivity contribution in [2.75, 3.05) is 24.6 Å². The Kier molecular flexibility index (Phi) is 6.41. The van der Waals surface area contributed by atoms with Crippen molar-refractivity contribution in [2.45, 2.75) is 32.4 Å². The first-order valence-corrected chi connectivity index (χ1v) is 12.9. The number of hydrogen-bond donors (Lipinski definition) is 0. The molecule has 6 heteroatoms. The van der Waals surface area contributed by atoms with E-state index in [2.05, 4.69) is 23.1 Å². The second-order valence-corrected chi connectivity index (χ2v) is 9.69. The van der Waals surface area contributed by atoms with Crippen molar-refractivity contribution in [3.8, 4) is 0 Å². The predicted molar refractivity (Wildman–Crippen MR) is 143 cm³/mol. The van der Waals surface area contributed by atoms with Crippen LogP contribution in [-0.2, 0) is 35.5 Å². The number of rotatable bonds is 6. The first-order chi connectivity index (χ1) is 18.2. The fourth-order valence-corrected chi connectivity index (χ4v) is 5.49. The van der Waals surface area contributed by atoms with E-state index < -0.39 is 0 Å². The molecule has 0 saturated carbocycles. The first-order valence-electron chi connectivity index (χ1n) is 12.9. The molecular formula is C31H29N3O3. The molecule has 0 saturated heterocycles. The van der Waals surface area contributed by atoms with E-state index in [9.17, 15) is 9.59 Å². The van der Waals surface area contributed by atoms with Crippen LogP contribution in [0.15, 0.2) is 78.9 Å². The minimum atomic E-state index is -0.383. The molecule has 186 valence electrons. The molecule has 2 aliphatic rings. The summed E-state index contributed by atoms with van der Waals surface area (Å²) in [7, 11) is 0. The van der Waals surface area contributed by atoms with Gasteiger partial charge in [-0.2, -0.15) is 0 Å². The molecule has 0 radical (unpaired) electrons. The third-order valence-corrected chi connectivity index (χ3v) is 7.32. The number of nitrogens with zero attached hydrogens (tertiary/aromatic N) is 3. The summed E-state index contributed by atoms with van der Waals surface area (Å²) < 4.78 is 5.74. The summed E-state index contributed by atoms with van der Waals surface area (Å²) in [6.07, 6.45) is 1.79. The van der Waals surface area contributed by atoms with Gasteiger partial charge in [0.15, 0.2) is 0 Å². The van der Waals surface area contributed by atoms with Gasteiger partial charge in [-0.25, -0.2) is 4.79 Å². The van der Waals surface area contributed by atoms with Crippen LogP contribution in [0.5, 0.6) is 0 Å². The zero-order valence-electron chi connectivity index (χ0n) is 20.7. The van der Waals surface area contributed by atoms with Gasteiger partial charge in [-0.15, -0.1) is 0 Å². The van der Waals surface area contributed by atoms with Crippen molar-refractivity contribution in [1.29, 1.82) is 0 Å². The third-order valence-electron chi connectivity index (χ3n) is 7.32. The maximum Gasteiger partial charge on any atom is 0.339 e. The number of amides is 1. The minimum Gasteiger partial charge on any atom is -0.462 e. The Morgan fingerprint density at radius 2 is 1.65 bits per heavy atom. The van der Waals surface area contributed by atoms with Gasteiger partial charge < -0.3 is 9.64 Å². The van der Waals surface area contributed by atoms with Crippen molar-refractivity contribution < 1.29 is 14.3 Å². The van der Waals surface area contributed by atoms with E-state index in [0.29, 0.717) is 18.7 Å². The molecule has 1 amide bonds. The summed E-state index contributed by atoms with van der Waals surface area (Å²) in [5.74, 6) is -0.403. The maximum absolute atomic E-state index is 13.5. The zero-order chi connectivity index (χ0) is 25.2. The molecule has 1 aromatic heterocycles. The Morgan fingerprint density at radius 3 is 2.54 bits per heavy atom. The predicted octanol–water partition coefficient (Wildman–Crippen LogP) is 4.93. The first kappa shape index (κ1) is 23.4. The molecule has 0 atom stereocenters. The van der Waals surface area contributed by atoms with Gasteiger partial charge in [0, 0.05) is 54.9 Å². The zero-order valence-corrected chi connectivity index (χ0v) is 20.7. The van der Waals surface area contributed by atoms with E-state index in [-0.39, 0.29) is 24.9 Å². The lowest BCUT2D eigenvalue weighted by Crippen LogP contribution is -2.32. The highest BCUT2D eigenvalue weighted by Gasteiger charge is 2.28. The number of carbonyl (C=O) groups is 2. The van der Waals surface area contributed by atoms with Crippen molar-refractivity contribution >= 4 is 28.5 Å². The van der Waals surface area contributed by atoms with Crippen molar-refractivity contribution in [3.63, 3.8) is 0 Å². The van der Waals surface area contributed by atoms with Gasteiger partial charge in [-0.3, -0.25) is 14.7 Å². The lowest BCUT2D eigenvalue weighted by atomic mass is 9.95. The van der Waals surface area contributed by atoms with E-state index in [0.717, 1.165) is 53.8 Å². The topological polar surface area (TPSA) is 62.7 Å². The molecule has 3 aromatic carbocycles. The maximum atomic E-state index is 13.5. The number of aromatic nitrogens is 1. The number of para-hydroxylation sites is 2. The number of ether oxygens (including phenoxy) is 1. The van der Waals surface area contributed by atoms with Gasteiger partial charge in [0.05, 0.1) is 17.5 Å². The monoisotopic (exact) mass is 491 g/mol. The summed E-state index contributed by atoms with van der Waals surface area (Å²) in [6.45, 7) is 3.05. The summed E-state index contributed by atoms with van der Waals surface area (Å²) in [6, 6.07) is 26.1. The normalized spacial score (nSPS) is 14.9. The Hall–Kier alpha value is -4.03. The van der Waals surface area contributed by atoms with Gasteiger partial charge in [0.25, 0.3) is 0 Å². The largest absolute Gasteiger partial charge is 0.462 e. The fraction of sp³-hybridized carbons (Fsp3) is 0.258. The molecule has 6 rings (SSSR count). The highest BCUT2D eigenvalue weighted by Crippen LogP contribution is 2.30. The van der Waals surface area contributed by atoms with E-state index >= 15 is 0 Å². The molecular weight excluding hydrogens is 462 g/mol. The standard InChI is InChI=1S/C31H29N3O3/c35-29(34-18-14-23-10-4-7-13-28(23)34)16-19-37-31(36)30-24-11-5-6-12-26(24)32-27-15-17-33(21-25(27)30)20-22-8-2-1-3-9-22/h1-13H,14-21H2. The number of benzene rings is 3. The number of hydrogen-bond acceptors (Lipinski definition) is 5. The van der Waals surface area contributed by atoms with E-state index in [1.165, 1.54) is 11.1 Å². The molecule has 0 spiro atoms. The summed E-state index contributed by atoms with van der Waals surface area (Å²) in [5.41, 5.74) is 6.66. The van der Waals surface area contributed by atoms with Gasteiger partial charge in [0.2, 0.25) is 5.91 Å². The Balaban J connectivity index is 1.20. The van der Waals surface area contributed by atoms with Gasteiger partial charge in [0.1, 0.15) is 6.61 Å². The average Bonchev–Trinajstić information content (AvgIpc) is 3.36. The van der Waals surface area contributed by atoms with E-state index in [1.807, 2.05) is 60.7 Å². The lowest BCUT2D eigenvalue weighted by Gasteiger charge is -2.30. The van der Waals surface area contributed by atoms with Crippen LogP contribution >= 0.6 is 0 Å². The second-order valence-electron chi connectivity index (χ2n) is 9.69. The molecule has 0 aliphatic carbocycles. The lowest BCUT2D eigenvalue weighted by molar-refractivity contribution is -0.119. The van der Waals surface area contributed by atoms with Crippen LogP contribution < -0.4 is 4.90 Å². The summed E-state index contributed by atoms with van der Waals surface area (Å²) in [5, 5.41) is 0.799. The number of anilines is 1.